The van der Waals surface area contributed by atoms with Gasteiger partial charge in [0.25, 0.3) is 15.9 Å². The number of hydrogen-bond acceptors (Lipinski definition) is 3. The van der Waals surface area contributed by atoms with Gasteiger partial charge in [-0.3, -0.25) is 9.52 Å². The second kappa shape index (κ2) is 7.35. The molecule has 146 valence electrons. The van der Waals surface area contributed by atoms with Crippen LogP contribution in [0.3, 0.4) is 0 Å². The smallest absolute Gasteiger partial charge is 0.262 e. The molecule has 6 heteroatoms. The highest BCUT2D eigenvalue weighted by Gasteiger charge is 2.23. The van der Waals surface area contributed by atoms with Crippen molar-refractivity contribution in [3.8, 4) is 0 Å². The number of carbonyl (C=O) groups excluding carboxylic acids is 1. The molecule has 0 unspecified atom stereocenters. The van der Waals surface area contributed by atoms with Crippen LogP contribution in [0.2, 0.25) is 0 Å². The highest BCUT2D eigenvalue weighted by molar-refractivity contribution is 7.92. The van der Waals surface area contributed by atoms with E-state index in [1.807, 2.05) is 26.0 Å². The van der Waals surface area contributed by atoms with Crippen LogP contribution < -0.4 is 4.72 Å². The van der Waals surface area contributed by atoms with Gasteiger partial charge in [0.05, 0.1) is 4.90 Å². The predicted molar refractivity (Wildman–Crippen MR) is 110 cm³/mol. The fraction of sp³-hybridized carbons (Fsp3) is 0.381. The Morgan fingerprint density at radius 1 is 0.963 bits per heavy atom. The van der Waals surface area contributed by atoms with E-state index in [9.17, 15) is 13.2 Å². The summed E-state index contributed by atoms with van der Waals surface area (Å²) in [5.74, 6) is -0.131. The molecule has 1 amide bonds. The van der Waals surface area contributed by atoms with E-state index in [1.165, 1.54) is 4.90 Å². The summed E-state index contributed by atoms with van der Waals surface area (Å²) in [5, 5.41) is 0. The van der Waals surface area contributed by atoms with Gasteiger partial charge in [-0.1, -0.05) is 32.9 Å². The second-order valence-electron chi connectivity index (χ2n) is 8.07. The summed E-state index contributed by atoms with van der Waals surface area (Å²) < 4.78 is 28.5. The maximum absolute atomic E-state index is 12.9. The molecular weight excluding hydrogens is 360 g/mol. The Labute approximate surface area is 162 Å². The van der Waals surface area contributed by atoms with Crippen LogP contribution in [0.4, 0.5) is 5.69 Å². The molecule has 2 aromatic carbocycles. The van der Waals surface area contributed by atoms with E-state index in [0.717, 1.165) is 5.56 Å². The number of nitrogens with one attached hydrogen (secondary N) is 1. The van der Waals surface area contributed by atoms with E-state index in [1.54, 1.807) is 38.4 Å². The SMILES string of the molecule is Cc1cc(C(C)(C)C)cc(C)c1S(=O)(=O)Nc1ccc(C(=O)N(C)C)cc1. The summed E-state index contributed by atoms with van der Waals surface area (Å²) in [7, 11) is -0.387. The first-order valence-electron chi connectivity index (χ1n) is 8.79. The molecule has 5 nitrogen and oxygen atoms in total. The zero-order valence-electron chi connectivity index (χ0n) is 17.0. The first kappa shape index (κ1) is 21.0. The van der Waals surface area contributed by atoms with E-state index in [0.29, 0.717) is 27.3 Å². The molecule has 0 bridgehead atoms. The first-order valence-corrected chi connectivity index (χ1v) is 10.3. The number of anilines is 1. The van der Waals surface area contributed by atoms with Gasteiger partial charge in [-0.25, -0.2) is 8.42 Å². The largest absolute Gasteiger partial charge is 0.345 e. The third-order valence-electron chi connectivity index (χ3n) is 4.39. The number of hydrogen-bond donors (Lipinski definition) is 1. The zero-order valence-corrected chi connectivity index (χ0v) is 17.9. The van der Waals surface area contributed by atoms with Gasteiger partial charge in [-0.2, -0.15) is 0 Å². The van der Waals surface area contributed by atoms with Crippen molar-refractivity contribution in [1.82, 2.24) is 4.90 Å². The minimum absolute atomic E-state index is 0.0555. The normalized spacial score (nSPS) is 12.0. The van der Waals surface area contributed by atoms with Gasteiger partial charge in [0.2, 0.25) is 0 Å². The number of carbonyl (C=O) groups is 1. The summed E-state index contributed by atoms with van der Waals surface area (Å²) >= 11 is 0. The Hall–Kier alpha value is -2.34. The molecule has 0 aliphatic carbocycles. The quantitative estimate of drug-likeness (QED) is 0.857. The lowest BCUT2D eigenvalue weighted by Gasteiger charge is -2.22. The van der Waals surface area contributed by atoms with Gasteiger partial charge in [0.1, 0.15) is 0 Å². The minimum Gasteiger partial charge on any atom is -0.345 e. The van der Waals surface area contributed by atoms with Crippen molar-refractivity contribution in [2.75, 3.05) is 18.8 Å². The molecule has 2 aromatic rings. The Bertz CT molecular complexity index is 931. The minimum atomic E-state index is -3.73. The Morgan fingerprint density at radius 2 is 1.44 bits per heavy atom. The van der Waals surface area contributed by atoms with Crippen LogP contribution in [0.15, 0.2) is 41.3 Å². The van der Waals surface area contributed by atoms with E-state index >= 15 is 0 Å². The van der Waals surface area contributed by atoms with Crippen LogP contribution in [0.1, 0.15) is 47.8 Å². The number of sulfonamides is 1. The summed E-state index contributed by atoms with van der Waals surface area (Å²) in [4.78, 5) is 13.7. The molecule has 0 saturated carbocycles. The van der Waals surface area contributed by atoms with Crippen molar-refractivity contribution >= 4 is 21.6 Å². The monoisotopic (exact) mass is 388 g/mol. The molecule has 0 fully saturated rings. The molecule has 0 atom stereocenters. The third-order valence-corrected chi connectivity index (χ3v) is 6.07. The molecule has 0 aliphatic rings. The van der Waals surface area contributed by atoms with Crippen LogP contribution in [0.25, 0.3) is 0 Å². The maximum atomic E-state index is 12.9. The molecule has 0 aliphatic heterocycles. The van der Waals surface area contributed by atoms with Crippen LogP contribution >= 0.6 is 0 Å². The van der Waals surface area contributed by atoms with Crippen molar-refractivity contribution in [1.29, 1.82) is 0 Å². The van der Waals surface area contributed by atoms with Gasteiger partial charge in [-0.05, 0) is 60.2 Å². The van der Waals surface area contributed by atoms with Crippen LogP contribution in [0.5, 0.6) is 0 Å². The van der Waals surface area contributed by atoms with Crippen molar-refractivity contribution in [2.45, 2.75) is 44.9 Å². The number of nitrogens with zero attached hydrogens (tertiary/aromatic N) is 1. The lowest BCUT2D eigenvalue weighted by atomic mass is 9.85. The average Bonchev–Trinajstić information content (AvgIpc) is 2.52. The Balaban J connectivity index is 2.36. The molecule has 0 saturated heterocycles. The Morgan fingerprint density at radius 3 is 1.85 bits per heavy atom. The van der Waals surface area contributed by atoms with Crippen molar-refractivity contribution in [3.63, 3.8) is 0 Å². The molecule has 0 radical (unpaired) electrons. The third kappa shape index (κ3) is 4.69. The number of benzene rings is 2. The number of rotatable bonds is 4. The summed E-state index contributed by atoms with van der Waals surface area (Å²) in [6.07, 6.45) is 0. The molecule has 1 N–H and O–H groups in total. The van der Waals surface area contributed by atoms with Gasteiger partial charge >= 0.3 is 0 Å². The van der Waals surface area contributed by atoms with Gasteiger partial charge in [0, 0.05) is 25.3 Å². The molecule has 0 aromatic heterocycles. The summed E-state index contributed by atoms with van der Waals surface area (Å²) in [5.41, 5.74) is 3.40. The standard InChI is InChI=1S/C21H28N2O3S/c1-14-12-17(21(3,4)5)13-15(2)19(14)27(25,26)22-18-10-8-16(9-11-18)20(24)23(6)7/h8-13,22H,1-7H3. The topological polar surface area (TPSA) is 66.5 Å². The van der Waals surface area contributed by atoms with E-state index in [2.05, 4.69) is 25.5 Å². The lowest BCUT2D eigenvalue weighted by molar-refractivity contribution is 0.0827. The van der Waals surface area contributed by atoms with Gasteiger partial charge < -0.3 is 4.90 Å². The van der Waals surface area contributed by atoms with E-state index in [-0.39, 0.29) is 11.3 Å². The van der Waals surface area contributed by atoms with Crippen LogP contribution in [0, 0.1) is 13.8 Å². The molecule has 0 heterocycles. The lowest BCUT2D eigenvalue weighted by Crippen LogP contribution is -2.21. The van der Waals surface area contributed by atoms with Crippen LogP contribution in [-0.4, -0.2) is 33.3 Å². The van der Waals surface area contributed by atoms with Gasteiger partial charge in [0.15, 0.2) is 0 Å². The fourth-order valence-electron chi connectivity index (χ4n) is 2.95. The van der Waals surface area contributed by atoms with E-state index in [4.69, 9.17) is 0 Å². The predicted octanol–water partition coefficient (Wildman–Crippen LogP) is 4.10. The molecular formula is C21H28N2O3S. The molecule has 0 spiro atoms. The van der Waals surface area contributed by atoms with Crippen LogP contribution in [-0.2, 0) is 15.4 Å². The highest BCUT2D eigenvalue weighted by atomic mass is 32.2. The number of amides is 1. The Kier molecular flexibility index (Phi) is 5.71. The second-order valence-corrected chi connectivity index (χ2v) is 9.69. The fourth-order valence-corrected chi connectivity index (χ4v) is 4.47. The first-order chi connectivity index (χ1) is 12.3. The van der Waals surface area contributed by atoms with E-state index < -0.39 is 10.0 Å². The average molecular weight is 389 g/mol. The van der Waals surface area contributed by atoms with Gasteiger partial charge in [-0.15, -0.1) is 0 Å². The molecule has 27 heavy (non-hydrogen) atoms. The maximum Gasteiger partial charge on any atom is 0.262 e. The molecule has 2 rings (SSSR count). The summed E-state index contributed by atoms with van der Waals surface area (Å²) in [6.45, 7) is 9.93. The summed E-state index contributed by atoms with van der Waals surface area (Å²) in [6, 6.07) is 10.3. The number of aryl methyl sites for hydroxylation is 2. The van der Waals surface area contributed by atoms with Crippen molar-refractivity contribution < 1.29 is 13.2 Å². The highest BCUT2D eigenvalue weighted by Crippen LogP contribution is 2.30. The van der Waals surface area contributed by atoms with Crippen molar-refractivity contribution in [3.05, 3.63) is 58.7 Å². The zero-order chi connectivity index (χ0) is 20.6. The van der Waals surface area contributed by atoms with Crippen molar-refractivity contribution in [2.24, 2.45) is 0 Å².